The predicted octanol–water partition coefficient (Wildman–Crippen LogP) is 10.1. The lowest BCUT2D eigenvalue weighted by atomic mass is 10.0. The van der Waals surface area contributed by atoms with Gasteiger partial charge in [-0.25, -0.2) is 9.97 Å². The maximum absolute atomic E-state index is 5.30. The Labute approximate surface area is 261 Å². The highest BCUT2D eigenvalue weighted by molar-refractivity contribution is 6.37. The summed E-state index contributed by atoms with van der Waals surface area (Å²) < 4.78 is 4.76. The van der Waals surface area contributed by atoms with Crippen LogP contribution in [0.3, 0.4) is 0 Å². The molecule has 11 aromatic rings. The first-order valence-electron chi connectivity index (χ1n) is 15.5. The Morgan fingerprint density at radius 1 is 0.478 bits per heavy atom. The highest BCUT2D eigenvalue weighted by Gasteiger charge is 2.25. The Morgan fingerprint density at radius 2 is 1.24 bits per heavy atom. The number of hydrogen-bond donors (Lipinski definition) is 0. The molecule has 0 aliphatic rings. The Kier molecular flexibility index (Phi) is 4.52. The van der Waals surface area contributed by atoms with Crippen molar-refractivity contribution >= 4 is 81.6 Å². The minimum atomic E-state index is 0.649. The molecule has 0 radical (unpaired) electrons. The molecule has 11 rings (SSSR count). The van der Waals surface area contributed by atoms with Crippen molar-refractivity contribution in [3.05, 3.63) is 140 Å². The standard InChI is InChI=1S/C41H23N5/c1-2-12-26-24(10-1)19-20-30-37-36-29-15-5-8-18-34(29)45(35(36)22-31-27-13-4-7-17-33(27)46(39(26)30)40(31)37)41-43-32-16-6-3-14-28(32)38(44-41)25-11-9-21-42-23-25/h1-23H. The highest BCUT2D eigenvalue weighted by atomic mass is 15.2. The fourth-order valence-corrected chi connectivity index (χ4v) is 7.87. The van der Waals surface area contributed by atoms with Crippen LogP contribution in [0.15, 0.2) is 140 Å². The van der Waals surface area contributed by atoms with E-state index in [2.05, 4.69) is 123 Å². The molecule has 6 aromatic carbocycles. The first kappa shape index (κ1) is 24.0. The van der Waals surface area contributed by atoms with Crippen LogP contribution in [0.2, 0.25) is 0 Å². The maximum Gasteiger partial charge on any atom is 0.235 e. The number of fused-ring (bicyclic) bond motifs is 13. The highest BCUT2D eigenvalue weighted by Crippen LogP contribution is 2.47. The smallest absolute Gasteiger partial charge is 0.235 e. The number of nitrogens with zero attached hydrogens (tertiary/aromatic N) is 5. The molecule has 5 heterocycles. The molecule has 0 unspecified atom stereocenters. The van der Waals surface area contributed by atoms with Crippen LogP contribution in [-0.4, -0.2) is 23.9 Å². The van der Waals surface area contributed by atoms with Crippen LogP contribution in [0, 0.1) is 0 Å². The zero-order chi connectivity index (χ0) is 29.9. The molecule has 0 fully saturated rings. The van der Waals surface area contributed by atoms with Gasteiger partial charge in [-0.3, -0.25) is 9.55 Å². The summed E-state index contributed by atoms with van der Waals surface area (Å²) >= 11 is 0. The van der Waals surface area contributed by atoms with E-state index >= 15 is 0 Å². The van der Waals surface area contributed by atoms with Gasteiger partial charge in [-0.1, -0.05) is 91.0 Å². The third-order valence-electron chi connectivity index (χ3n) is 9.71. The second-order valence-corrected chi connectivity index (χ2v) is 12.1. The lowest BCUT2D eigenvalue weighted by Crippen LogP contribution is -2.03. The summed E-state index contributed by atoms with van der Waals surface area (Å²) in [6.07, 6.45) is 3.68. The van der Waals surface area contributed by atoms with Crippen molar-refractivity contribution in [3.8, 4) is 17.2 Å². The molecule has 0 atom stereocenters. The Bertz CT molecular complexity index is 3020. The molecule has 5 nitrogen and oxygen atoms in total. The Balaban J connectivity index is 1.39. The van der Waals surface area contributed by atoms with Crippen molar-refractivity contribution < 1.29 is 0 Å². The maximum atomic E-state index is 5.30. The van der Waals surface area contributed by atoms with Crippen molar-refractivity contribution in [1.82, 2.24) is 23.9 Å². The van der Waals surface area contributed by atoms with Gasteiger partial charge in [0.25, 0.3) is 0 Å². The summed E-state index contributed by atoms with van der Waals surface area (Å²) in [6.45, 7) is 0. The van der Waals surface area contributed by atoms with Gasteiger partial charge in [-0.05, 0) is 41.8 Å². The SMILES string of the molecule is c1cncc(-c2nc(-n3c4ccccc4c4c5c6ccc7ccccc7c6n6c7ccccc7c(cc43)c56)nc3ccccc23)c1. The van der Waals surface area contributed by atoms with Crippen molar-refractivity contribution in [3.63, 3.8) is 0 Å². The number of benzene rings is 6. The summed E-state index contributed by atoms with van der Waals surface area (Å²) in [4.78, 5) is 14.9. The third-order valence-corrected chi connectivity index (χ3v) is 9.71. The average molecular weight is 586 g/mol. The van der Waals surface area contributed by atoms with Gasteiger partial charge in [0.2, 0.25) is 5.95 Å². The van der Waals surface area contributed by atoms with E-state index in [0.717, 1.165) is 33.2 Å². The van der Waals surface area contributed by atoms with Crippen LogP contribution in [0.25, 0.3) is 98.8 Å². The fourth-order valence-electron chi connectivity index (χ4n) is 7.87. The number of pyridine rings is 1. The molecule has 5 aromatic heterocycles. The van der Waals surface area contributed by atoms with E-state index in [0.29, 0.717) is 5.95 Å². The van der Waals surface area contributed by atoms with Gasteiger partial charge in [0, 0.05) is 61.0 Å². The minimum Gasteiger partial charge on any atom is -0.307 e. The minimum absolute atomic E-state index is 0.649. The molecular formula is C41H23N5. The molecule has 0 N–H and O–H groups in total. The molecule has 0 aliphatic heterocycles. The van der Waals surface area contributed by atoms with Gasteiger partial charge in [0.05, 0.1) is 38.8 Å². The van der Waals surface area contributed by atoms with E-state index in [1.807, 2.05) is 24.4 Å². The number of rotatable bonds is 2. The van der Waals surface area contributed by atoms with E-state index in [-0.39, 0.29) is 0 Å². The van der Waals surface area contributed by atoms with Crippen LogP contribution in [0.5, 0.6) is 0 Å². The molecule has 46 heavy (non-hydrogen) atoms. The molecule has 0 amide bonds. The average Bonchev–Trinajstić information content (AvgIpc) is 3.76. The van der Waals surface area contributed by atoms with Crippen molar-refractivity contribution in [2.75, 3.05) is 0 Å². The van der Waals surface area contributed by atoms with Gasteiger partial charge in [0.15, 0.2) is 0 Å². The van der Waals surface area contributed by atoms with E-state index in [9.17, 15) is 0 Å². The van der Waals surface area contributed by atoms with Crippen LogP contribution in [0.1, 0.15) is 0 Å². The summed E-state index contributed by atoms with van der Waals surface area (Å²) in [5.41, 5.74) is 8.66. The van der Waals surface area contributed by atoms with Crippen molar-refractivity contribution in [2.45, 2.75) is 0 Å². The molecule has 0 spiro atoms. The third kappa shape index (κ3) is 2.97. The normalized spacial score (nSPS) is 12.3. The number of para-hydroxylation sites is 3. The largest absolute Gasteiger partial charge is 0.307 e. The first-order valence-corrected chi connectivity index (χ1v) is 15.5. The van der Waals surface area contributed by atoms with E-state index < -0.39 is 0 Å². The van der Waals surface area contributed by atoms with Gasteiger partial charge in [0.1, 0.15) is 0 Å². The second kappa shape index (κ2) is 8.65. The zero-order valence-corrected chi connectivity index (χ0v) is 24.5. The Hall–Kier alpha value is -6.33. The van der Waals surface area contributed by atoms with Gasteiger partial charge < -0.3 is 4.40 Å². The summed E-state index contributed by atoms with van der Waals surface area (Å²) in [7, 11) is 0. The van der Waals surface area contributed by atoms with Crippen LogP contribution < -0.4 is 0 Å². The predicted molar refractivity (Wildman–Crippen MR) is 189 cm³/mol. The summed E-state index contributed by atoms with van der Waals surface area (Å²) in [6, 6.07) is 45.4. The summed E-state index contributed by atoms with van der Waals surface area (Å²) in [5.74, 6) is 0.649. The van der Waals surface area contributed by atoms with Gasteiger partial charge in [-0.15, -0.1) is 0 Å². The van der Waals surface area contributed by atoms with E-state index in [4.69, 9.17) is 9.97 Å². The molecule has 0 saturated heterocycles. The monoisotopic (exact) mass is 585 g/mol. The van der Waals surface area contributed by atoms with Gasteiger partial charge in [-0.2, -0.15) is 0 Å². The van der Waals surface area contributed by atoms with Crippen molar-refractivity contribution in [2.24, 2.45) is 0 Å². The first-order chi connectivity index (χ1) is 22.8. The second-order valence-electron chi connectivity index (χ2n) is 12.1. The van der Waals surface area contributed by atoms with Gasteiger partial charge >= 0.3 is 0 Å². The Morgan fingerprint density at radius 3 is 2.11 bits per heavy atom. The molecule has 212 valence electrons. The number of hydrogen-bond acceptors (Lipinski definition) is 3. The van der Waals surface area contributed by atoms with Crippen LogP contribution in [-0.2, 0) is 0 Å². The van der Waals surface area contributed by atoms with E-state index in [1.54, 1.807) is 6.20 Å². The molecule has 0 aliphatic carbocycles. The molecule has 0 bridgehead atoms. The lowest BCUT2D eigenvalue weighted by Gasteiger charge is -2.11. The zero-order valence-electron chi connectivity index (χ0n) is 24.5. The summed E-state index contributed by atoms with van der Waals surface area (Å²) in [5, 5.41) is 10.9. The van der Waals surface area contributed by atoms with E-state index in [1.165, 1.54) is 59.6 Å². The lowest BCUT2D eigenvalue weighted by molar-refractivity contribution is 1.01. The quantitative estimate of drug-likeness (QED) is 0.203. The van der Waals surface area contributed by atoms with Crippen LogP contribution in [0.4, 0.5) is 0 Å². The van der Waals surface area contributed by atoms with Crippen LogP contribution >= 0.6 is 0 Å². The fraction of sp³-hybridized carbons (Fsp3) is 0. The molecule has 0 saturated carbocycles. The topological polar surface area (TPSA) is 48.0 Å². The number of aromatic nitrogens is 5. The van der Waals surface area contributed by atoms with Crippen molar-refractivity contribution in [1.29, 1.82) is 0 Å². The molecule has 5 heteroatoms. The molecular weight excluding hydrogens is 562 g/mol.